The van der Waals surface area contributed by atoms with Crippen LogP contribution in [0.4, 0.5) is 0 Å². The minimum Gasteiger partial charge on any atom is -0.364 e. The Balaban J connectivity index is 2.18. The Bertz CT molecular complexity index is 481. The van der Waals surface area contributed by atoms with E-state index in [0.717, 1.165) is 12.1 Å². The summed E-state index contributed by atoms with van der Waals surface area (Å²) >= 11 is 0. The number of hydrogen-bond acceptors (Lipinski definition) is 3. The molecule has 2 rings (SSSR count). The highest BCUT2D eigenvalue weighted by atomic mass is 16.2. The zero-order chi connectivity index (χ0) is 12.4. The van der Waals surface area contributed by atoms with Gasteiger partial charge in [0.25, 0.3) is 5.91 Å². The van der Waals surface area contributed by atoms with E-state index in [4.69, 9.17) is 0 Å². The summed E-state index contributed by atoms with van der Waals surface area (Å²) in [6, 6.07) is 1.79. The third-order valence-corrected chi connectivity index (χ3v) is 3.17. The maximum absolute atomic E-state index is 12.1. The summed E-state index contributed by atoms with van der Waals surface area (Å²) in [5.74, 6) is -0.177. The maximum Gasteiger partial charge on any atom is 0.259 e. The highest BCUT2D eigenvalue weighted by Crippen LogP contribution is 2.11. The second kappa shape index (κ2) is 4.71. The number of amides is 1. The van der Waals surface area contributed by atoms with Crippen molar-refractivity contribution in [1.29, 1.82) is 0 Å². The van der Waals surface area contributed by atoms with Crippen LogP contribution in [-0.2, 0) is 0 Å². The molecule has 0 bridgehead atoms. The van der Waals surface area contributed by atoms with Crippen LogP contribution in [0.5, 0.6) is 0 Å². The molecular formula is C12H17N3O2. The third kappa shape index (κ3) is 2.39. The Hall–Kier alpha value is -1.62. The molecule has 0 spiro atoms. The van der Waals surface area contributed by atoms with Gasteiger partial charge < -0.3 is 15.2 Å². The molecule has 1 aliphatic rings. The summed E-state index contributed by atoms with van der Waals surface area (Å²) in [7, 11) is 1.89. The Morgan fingerprint density at radius 3 is 2.94 bits per heavy atom. The number of rotatable bonds is 2. The van der Waals surface area contributed by atoms with Crippen molar-refractivity contribution in [2.24, 2.45) is 0 Å². The van der Waals surface area contributed by atoms with Crippen molar-refractivity contribution < 1.29 is 4.79 Å². The fourth-order valence-corrected chi connectivity index (χ4v) is 2.09. The first-order valence-electron chi connectivity index (χ1n) is 5.77. The number of aromatic nitrogens is 1. The molecule has 1 fully saturated rings. The summed E-state index contributed by atoms with van der Waals surface area (Å²) < 4.78 is 0. The quantitative estimate of drug-likeness (QED) is 0.765. The second-order valence-corrected chi connectivity index (χ2v) is 4.42. The van der Waals surface area contributed by atoms with E-state index in [0.29, 0.717) is 19.1 Å². The molecule has 17 heavy (non-hydrogen) atoms. The monoisotopic (exact) mass is 235 g/mol. The van der Waals surface area contributed by atoms with E-state index < -0.39 is 0 Å². The van der Waals surface area contributed by atoms with Crippen molar-refractivity contribution in [3.63, 3.8) is 0 Å². The van der Waals surface area contributed by atoms with E-state index in [-0.39, 0.29) is 16.9 Å². The molecule has 5 nitrogen and oxygen atoms in total. The second-order valence-electron chi connectivity index (χ2n) is 4.42. The lowest BCUT2D eigenvalue weighted by molar-refractivity contribution is 0.0788. The molecule has 1 unspecified atom stereocenters. The number of carbonyl (C=O) groups excluding carboxylic acids is 1. The molecule has 0 saturated carbocycles. The summed E-state index contributed by atoms with van der Waals surface area (Å²) in [5, 5.41) is 3.14. The van der Waals surface area contributed by atoms with Gasteiger partial charge in [0, 0.05) is 37.1 Å². The number of hydrogen-bond donors (Lipinski definition) is 2. The first kappa shape index (κ1) is 11.9. The summed E-state index contributed by atoms with van der Waals surface area (Å²) in [4.78, 5) is 28.5. The zero-order valence-electron chi connectivity index (χ0n) is 10.1. The van der Waals surface area contributed by atoms with Gasteiger partial charge in [-0.2, -0.15) is 0 Å². The molecule has 1 saturated heterocycles. The molecule has 1 aromatic heterocycles. The van der Waals surface area contributed by atoms with Crippen LogP contribution in [0, 0.1) is 6.92 Å². The van der Waals surface area contributed by atoms with Crippen LogP contribution in [0.3, 0.4) is 0 Å². The van der Waals surface area contributed by atoms with Gasteiger partial charge in [-0.3, -0.25) is 9.59 Å². The topological polar surface area (TPSA) is 65.2 Å². The lowest BCUT2D eigenvalue weighted by Crippen LogP contribution is -2.35. The van der Waals surface area contributed by atoms with Gasteiger partial charge in [0.15, 0.2) is 5.43 Å². The van der Waals surface area contributed by atoms with Crippen LogP contribution in [0.15, 0.2) is 17.1 Å². The summed E-state index contributed by atoms with van der Waals surface area (Å²) in [5.41, 5.74) is 0.785. The van der Waals surface area contributed by atoms with Crippen molar-refractivity contribution in [1.82, 2.24) is 15.2 Å². The first-order valence-corrected chi connectivity index (χ1v) is 5.77. The fraction of sp³-hybridized carbons (Fsp3) is 0.500. The van der Waals surface area contributed by atoms with Crippen molar-refractivity contribution >= 4 is 5.91 Å². The molecule has 2 heterocycles. The van der Waals surface area contributed by atoms with E-state index in [1.807, 2.05) is 7.05 Å². The number of H-pyrrole nitrogens is 1. The average Bonchev–Trinajstić information content (AvgIpc) is 2.76. The lowest BCUT2D eigenvalue weighted by atomic mass is 10.2. The van der Waals surface area contributed by atoms with E-state index in [2.05, 4.69) is 10.3 Å². The molecule has 5 heteroatoms. The average molecular weight is 235 g/mol. The van der Waals surface area contributed by atoms with Gasteiger partial charge in [-0.15, -0.1) is 0 Å². The van der Waals surface area contributed by atoms with Crippen LogP contribution in [0.25, 0.3) is 0 Å². The minimum absolute atomic E-state index is 0.177. The lowest BCUT2D eigenvalue weighted by Gasteiger charge is -2.15. The number of aromatic amines is 1. The van der Waals surface area contributed by atoms with E-state index >= 15 is 0 Å². The summed E-state index contributed by atoms with van der Waals surface area (Å²) in [6.45, 7) is 3.17. The number of likely N-dealkylation sites (tertiary alicyclic amines) is 1. The highest BCUT2D eigenvalue weighted by molar-refractivity contribution is 5.94. The number of nitrogens with one attached hydrogen (secondary N) is 2. The Labute approximate surface area is 99.8 Å². The van der Waals surface area contributed by atoms with Crippen molar-refractivity contribution in [2.45, 2.75) is 19.4 Å². The van der Waals surface area contributed by atoms with Crippen molar-refractivity contribution in [3.8, 4) is 0 Å². The molecule has 1 atom stereocenters. The van der Waals surface area contributed by atoms with Crippen molar-refractivity contribution in [3.05, 3.63) is 33.7 Å². The molecule has 1 amide bonds. The van der Waals surface area contributed by atoms with Crippen LogP contribution < -0.4 is 10.7 Å². The number of likely N-dealkylation sites (N-methyl/N-ethyl adjacent to an activating group) is 1. The number of aryl methyl sites for hydroxylation is 1. The molecule has 0 aliphatic carbocycles. The van der Waals surface area contributed by atoms with Gasteiger partial charge in [0.2, 0.25) is 0 Å². The van der Waals surface area contributed by atoms with Crippen LogP contribution >= 0.6 is 0 Å². The normalized spacial score (nSPS) is 19.6. The summed E-state index contributed by atoms with van der Waals surface area (Å²) in [6.07, 6.45) is 2.44. The largest absolute Gasteiger partial charge is 0.364 e. The number of carbonyl (C=O) groups is 1. The SMILES string of the molecule is CNC1CCN(C(=O)c2c[nH]c(C)cc2=O)C1. The fourth-order valence-electron chi connectivity index (χ4n) is 2.09. The van der Waals surface area contributed by atoms with Gasteiger partial charge in [-0.05, 0) is 20.4 Å². The van der Waals surface area contributed by atoms with E-state index in [1.54, 1.807) is 11.8 Å². The Kier molecular flexibility index (Phi) is 3.28. The molecule has 92 valence electrons. The van der Waals surface area contributed by atoms with Gasteiger partial charge in [0.05, 0.1) is 0 Å². The van der Waals surface area contributed by atoms with E-state index in [1.165, 1.54) is 12.3 Å². The third-order valence-electron chi connectivity index (χ3n) is 3.17. The standard InChI is InChI=1S/C12H17N3O2/c1-8-5-11(16)10(6-14-8)12(17)15-4-3-9(7-15)13-2/h5-6,9,13H,3-4,7H2,1-2H3,(H,14,16). The number of pyridine rings is 1. The Morgan fingerprint density at radius 2 is 2.35 bits per heavy atom. The minimum atomic E-state index is -0.209. The van der Waals surface area contributed by atoms with Crippen LogP contribution in [0.2, 0.25) is 0 Å². The van der Waals surface area contributed by atoms with Gasteiger partial charge >= 0.3 is 0 Å². The predicted molar refractivity (Wildman–Crippen MR) is 65.2 cm³/mol. The Morgan fingerprint density at radius 1 is 1.59 bits per heavy atom. The van der Waals surface area contributed by atoms with E-state index in [9.17, 15) is 9.59 Å². The zero-order valence-corrected chi connectivity index (χ0v) is 10.1. The van der Waals surface area contributed by atoms with Crippen molar-refractivity contribution in [2.75, 3.05) is 20.1 Å². The number of nitrogens with zero attached hydrogens (tertiary/aromatic N) is 1. The van der Waals surface area contributed by atoms with Gasteiger partial charge in [-0.1, -0.05) is 0 Å². The van der Waals surface area contributed by atoms with Gasteiger partial charge in [-0.25, -0.2) is 0 Å². The molecule has 0 radical (unpaired) electrons. The molecular weight excluding hydrogens is 218 g/mol. The molecule has 0 aromatic carbocycles. The van der Waals surface area contributed by atoms with Gasteiger partial charge in [0.1, 0.15) is 5.56 Å². The smallest absolute Gasteiger partial charge is 0.259 e. The first-order chi connectivity index (χ1) is 8.11. The van der Waals surface area contributed by atoms with Crippen LogP contribution in [-0.4, -0.2) is 42.0 Å². The van der Waals surface area contributed by atoms with Crippen LogP contribution in [0.1, 0.15) is 22.5 Å². The predicted octanol–water partition coefficient (Wildman–Crippen LogP) is 0.117. The molecule has 2 N–H and O–H groups in total. The maximum atomic E-state index is 12.1. The highest BCUT2D eigenvalue weighted by Gasteiger charge is 2.26. The molecule has 1 aliphatic heterocycles. The molecule has 1 aromatic rings.